The maximum absolute atomic E-state index is 12.6. The fraction of sp³-hybridized carbons (Fsp3) is 0.625. The van der Waals surface area contributed by atoms with Crippen molar-refractivity contribution in [3.05, 3.63) is 23.3 Å². The third-order valence-electron chi connectivity index (χ3n) is 4.94. The first kappa shape index (κ1) is 15.3. The second-order valence-electron chi connectivity index (χ2n) is 6.58. The smallest absolute Gasteiger partial charge is 0.261 e. The number of hydrogen-bond donors (Lipinski definition) is 2. The largest absolute Gasteiger partial charge is 0.317 e. The lowest BCUT2D eigenvalue weighted by Gasteiger charge is -2.19. The predicted octanol–water partition coefficient (Wildman–Crippen LogP) is 1.07. The van der Waals surface area contributed by atoms with Gasteiger partial charge in [0, 0.05) is 19.5 Å². The van der Waals surface area contributed by atoms with Crippen molar-refractivity contribution in [1.29, 1.82) is 0 Å². The summed E-state index contributed by atoms with van der Waals surface area (Å²) in [4.78, 5) is 17.2. The Morgan fingerprint density at radius 1 is 1.33 bits per heavy atom. The molecule has 1 amide bonds. The zero-order valence-electron chi connectivity index (χ0n) is 14.0. The van der Waals surface area contributed by atoms with Crippen LogP contribution in [0.1, 0.15) is 53.5 Å². The predicted molar refractivity (Wildman–Crippen MR) is 89.0 cm³/mol. The average molecular weight is 329 g/mol. The van der Waals surface area contributed by atoms with E-state index in [1.807, 2.05) is 11.7 Å². The minimum atomic E-state index is -0.148. The molecule has 1 fully saturated rings. The highest BCUT2D eigenvalue weighted by molar-refractivity contribution is 6.04. The van der Waals surface area contributed by atoms with Crippen molar-refractivity contribution < 1.29 is 4.79 Å². The molecular formula is C16H23N7O. The molecule has 0 saturated carbocycles. The highest BCUT2D eigenvalue weighted by Crippen LogP contribution is 2.24. The van der Waals surface area contributed by atoms with E-state index >= 15 is 0 Å². The summed E-state index contributed by atoms with van der Waals surface area (Å²) in [5.74, 6) is 1.55. The van der Waals surface area contributed by atoms with Crippen LogP contribution in [0.15, 0.2) is 6.20 Å². The van der Waals surface area contributed by atoms with Gasteiger partial charge in [-0.25, -0.2) is 4.68 Å². The van der Waals surface area contributed by atoms with Crippen molar-refractivity contribution in [1.82, 2.24) is 29.9 Å². The second-order valence-corrected chi connectivity index (χ2v) is 6.58. The van der Waals surface area contributed by atoms with Gasteiger partial charge < -0.3 is 5.32 Å². The summed E-state index contributed by atoms with van der Waals surface area (Å²) in [7, 11) is 1.82. The minimum Gasteiger partial charge on any atom is -0.317 e. The van der Waals surface area contributed by atoms with Crippen molar-refractivity contribution in [3.63, 3.8) is 0 Å². The minimum absolute atomic E-state index is 0.148. The number of carbonyl (C=O) groups excluding carboxylic acids is 1. The summed E-state index contributed by atoms with van der Waals surface area (Å²) in [5.41, 5.74) is 1.68. The second kappa shape index (κ2) is 6.35. The topological polar surface area (TPSA) is 89.7 Å². The quantitative estimate of drug-likeness (QED) is 0.879. The van der Waals surface area contributed by atoms with Gasteiger partial charge in [-0.1, -0.05) is 0 Å². The van der Waals surface area contributed by atoms with Gasteiger partial charge >= 0.3 is 0 Å². The van der Waals surface area contributed by atoms with Crippen LogP contribution in [0.5, 0.6) is 0 Å². The number of anilines is 1. The van der Waals surface area contributed by atoms with Gasteiger partial charge in [-0.15, -0.1) is 0 Å². The number of amides is 1. The van der Waals surface area contributed by atoms with Crippen molar-refractivity contribution in [3.8, 4) is 0 Å². The molecule has 0 radical (unpaired) electrons. The molecule has 8 nitrogen and oxygen atoms in total. The first-order valence-electron chi connectivity index (χ1n) is 8.70. The third-order valence-corrected chi connectivity index (χ3v) is 4.94. The fourth-order valence-corrected chi connectivity index (χ4v) is 3.55. The number of rotatable bonds is 3. The Morgan fingerprint density at radius 2 is 2.17 bits per heavy atom. The first-order valence-corrected chi connectivity index (χ1v) is 8.70. The highest BCUT2D eigenvalue weighted by Gasteiger charge is 2.24. The molecule has 2 aliphatic rings. The van der Waals surface area contributed by atoms with E-state index in [9.17, 15) is 4.79 Å². The summed E-state index contributed by atoms with van der Waals surface area (Å²) in [5, 5.41) is 15.1. The average Bonchev–Trinajstić information content (AvgIpc) is 3.20. The molecule has 0 bridgehead atoms. The maximum atomic E-state index is 12.6. The number of carbonyl (C=O) groups is 1. The van der Waals surface area contributed by atoms with Crippen LogP contribution in [0.2, 0.25) is 0 Å². The molecule has 4 heterocycles. The van der Waals surface area contributed by atoms with Crippen LogP contribution < -0.4 is 10.6 Å². The number of aromatic nitrogens is 5. The Labute approximate surface area is 140 Å². The first-order chi connectivity index (χ1) is 11.7. The molecule has 0 aromatic carbocycles. The molecular weight excluding hydrogens is 306 g/mol. The third kappa shape index (κ3) is 2.82. The summed E-state index contributed by atoms with van der Waals surface area (Å²) in [6, 6.07) is 0. The van der Waals surface area contributed by atoms with Crippen LogP contribution in [0.4, 0.5) is 5.95 Å². The SMILES string of the molecule is Cn1nc(C2CCNCC2)nc1NC(=O)c1cnn2c1CCCC2. The van der Waals surface area contributed by atoms with Gasteiger partial charge in [0.1, 0.15) is 0 Å². The fourth-order valence-electron chi connectivity index (χ4n) is 3.55. The molecule has 0 aliphatic carbocycles. The van der Waals surface area contributed by atoms with E-state index in [-0.39, 0.29) is 5.91 Å². The van der Waals surface area contributed by atoms with E-state index in [1.54, 1.807) is 10.9 Å². The van der Waals surface area contributed by atoms with Crippen LogP contribution in [0.25, 0.3) is 0 Å². The van der Waals surface area contributed by atoms with Gasteiger partial charge in [0.25, 0.3) is 5.91 Å². The summed E-state index contributed by atoms with van der Waals surface area (Å²) < 4.78 is 3.60. The number of nitrogens with one attached hydrogen (secondary N) is 2. The van der Waals surface area contributed by atoms with Crippen molar-refractivity contribution in [2.75, 3.05) is 18.4 Å². The Hall–Kier alpha value is -2.22. The van der Waals surface area contributed by atoms with Crippen molar-refractivity contribution in [2.24, 2.45) is 7.05 Å². The summed E-state index contributed by atoms with van der Waals surface area (Å²) >= 11 is 0. The standard InChI is InChI=1S/C16H23N7O/c1-22-16(19-14(21-22)11-5-7-17-8-6-11)20-15(24)12-10-18-23-9-3-2-4-13(12)23/h10-11,17H,2-9H2,1H3,(H,19,20,21,24). The van der Waals surface area contributed by atoms with E-state index in [4.69, 9.17) is 0 Å². The number of hydrogen-bond acceptors (Lipinski definition) is 5. The molecule has 0 spiro atoms. The summed E-state index contributed by atoms with van der Waals surface area (Å²) in [6.07, 6.45) is 6.87. The van der Waals surface area contributed by atoms with E-state index in [0.29, 0.717) is 17.4 Å². The molecule has 4 rings (SSSR count). The molecule has 1 saturated heterocycles. The number of piperidine rings is 1. The van der Waals surface area contributed by atoms with Gasteiger partial charge in [0.15, 0.2) is 5.82 Å². The van der Waals surface area contributed by atoms with Crippen LogP contribution >= 0.6 is 0 Å². The maximum Gasteiger partial charge on any atom is 0.261 e. The zero-order chi connectivity index (χ0) is 16.5. The van der Waals surface area contributed by atoms with Crippen LogP contribution in [-0.2, 0) is 20.0 Å². The van der Waals surface area contributed by atoms with Gasteiger partial charge in [0.2, 0.25) is 5.95 Å². The van der Waals surface area contributed by atoms with Crippen LogP contribution in [0, 0.1) is 0 Å². The van der Waals surface area contributed by atoms with E-state index in [2.05, 4.69) is 25.8 Å². The lowest BCUT2D eigenvalue weighted by Crippen LogP contribution is -2.27. The van der Waals surface area contributed by atoms with Gasteiger partial charge in [0.05, 0.1) is 17.5 Å². The van der Waals surface area contributed by atoms with Crippen molar-refractivity contribution in [2.45, 2.75) is 44.6 Å². The Morgan fingerprint density at radius 3 is 3.00 bits per heavy atom. The van der Waals surface area contributed by atoms with Gasteiger partial charge in [-0.3, -0.25) is 14.8 Å². The monoisotopic (exact) mass is 329 g/mol. The number of fused-ring (bicyclic) bond motifs is 1. The molecule has 24 heavy (non-hydrogen) atoms. The lowest BCUT2D eigenvalue weighted by atomic mass is 9.98. The molecule has 2 aliphatic heterocycles. The molecule has 128 valence electrons. The van der Waals surface area contributed by atoms with Gasteiger partial charge in [-0.05, 0) is 45.2 Å². The lowest BCUT2D eigenvalue weighted by molar-refractivity contribution is 0.102. The van der Waals surface area contributed by atoms with Crippen molar-refractivity contribution >= 4 is 11.9 Å². The molecule has 2 aromatic rings. The molecule has 0 atom stereocenters. The highest BCUT2D eigenvalue weighted by atomic mass is 16.1. The molecule has 0 unspecified atom stereocenters. The van der Waals surface area contributed by atoms with E-state index in [1.165, 1.54) is 0 Å². The van der Waals surface area contributed by atoms with Crippen LogP contribution in [0.3, 0.4) is 0 Å². The Bertz CT molecular complexity index is 742. The summed E-state index contributed by atoms with van der Waals surface area (Å²) in [6.45, 7) is 2.88. The normalized spacial score (nSPS) is 18.4. The Kier molecular flexibility index (Phi) is 4.05. The van der Waals surface area contributed by atoms with E-state index < -0.39 is 0 Å². The molecule has 2 aromatic heterocycles. The Balaban J connectivity index is 1.51. The number of aryl methyl sites for hydroxylation is 2. The van der Waals surface area contributed by atoms with E-state index in [0.717, 1.165) is 63.3 Å². The molecule has 8 heteroatoms. The zero-order valence-corrected chi connectivity index (χ0v) is 14.0. The van der Waals surface area contributed by atoms with Gasteiger partial charge in [-0.2, -0.15) is 15.2 Å². The number of nitrogens with zero attached hydrogens (tertiary/aromatic N) is 5. The molecule has 2 N–H and O–H groups in total. The van der Waals surface area contributed by atoms with Crippen LogP contribution in [-0.4, -0.2) is 43.5 Å².